The number of thioether (sulfide) groups is 1. The summed E-state index contributed by atoms with van der Waals surface area (Å²) >= 11 is 18.3. The Kier molecular flexibility index (Phi) is 9.81. The fourth-order valence-corrected chi connectivity index (χ4v) is 5.36. The molecule has 7 nitrogen and oxygen atoms in total. The van der Waals surface area contributed by atoms with Crippen LogP contribution < -0.4 is 10.0 Å². The van der Waals surface area contributed by atoms with Crippen molar-refractivity contribution in [3.63, 3.8) is 0 Å². The van der Waals surface area contributed by atoms with E-state index in [1.54, 1.807) is 12.1 Å². The van der Waals surface area contributed by atoms with Crippen molar-refractivity contribution < 1.29 is 24.1 Å². The molecule has 2 N–H and O–H groups in total. The number of aromatic nitrogens is 1. The maximum Gasteiger partial charge on any atom is 0.272 e. The molecule has 0 spiro atoms. The van der Waals surface area contributed by atoms with Crippen molar-refractivity contribution in [1.29, 1.82) is 0 Å². The summed E-state index contributed by atoms with van der Waals surface area (Å²) in [5, 5.41) is 24.8. The maximum absolute atomic E-state index is 12.1. The van der Waals surface area contributed by atoms with Crippen LogP contribution >= 0.6 is 46.6 Å². The van der Waals surface area contributed by atoms with Crippen molar-refractivity contribution in [3.8, 4) is 0 Å². The topological polar surface area (TPSA) is 94.7 Å². The third-order valence-electron chi connectivity index (χ3n) is 6.27. The summed E-state index contributed by atoms with van der Waals surface area (Å²) in [6, 6.07) is 20.4. The molecule has 11 heteroatoms. The first-order valence-corrected chi connectivity index (χ1v) is 14.0. The molecular formula is C27H27Cl3N2O5S. The molecule has 3 aromatic rings. The number of halogens is 3. The minimum atomic E-state index is -2.02. The van der Waals surface area contributed by atoms with Crippen LogP contribution in [0.2, 0.25) is 0 Å². The number of benzene rings is 2. The van der Waals surface area contributed by atoms with Crippen molar-refractivity contribution >= 4 is 52.5 Å². The summed E-state index contributed by atoms with van der Waals surface area (Å²) in [5.74, 6) is -0.161. The lowest BCUT2D eigenvalue weighted by atomic mass is 9.91. The van der Waals surface area contributed by atoms with E-state index in [2.05, 4.69) is 12.2 Å². The Hall–Kier alpha value is -2.04. The van der Waals surface area contributed by atoms with Gasteiger partial charge in [0.15, 0.2) is 12.5 Å². The second kappa shape index (κ2) is 12.9. The molecule has 0 aliphatic carbocycles. The van der Waals surface area contributed by atoms with E-state index in [4.69, 9.17) is 44.3 Å². The lowest BCUT2D eigenvalue weighted by Gasteiger charge is -2.41. The first-order chi connectivity index (χ1) is 18.2. The predicted molar refractivity (Wildman–Crippen MR) is 148 cm³/mol. The van der Waals surface area contributed by atoms with Crippen molar-refractivity contribution in [2.24, 2.45) is 5.92 Å². The first-order valence-electron chi connectivity index (χ1n) is 11.9. The molecule has 0 unspecified atom stereocenters. The van der Waals surface area contributed by atoms with E-state index < -0.39 is 16.0 Å². The molecule has 2 heterocycles. The predicted octanol–water partition coefficient (Wildman–Crippen LogP) is 5.38. The standard InChI is InChI=1S/C27H27Cl3N2O5S/c1-17-22(16-38-23-4-2-3-13-32(23)35)36-25(37-24(17)20-9-7-19(15-33)8-10-20)21-11-5-18(6-12-21)14-31-26(34)27(28,29)30/h2-13,17,22,24-25,33H,14-16H2,1H3,(H,31,34)/t17-,22+,24+,25+/m1/s1. The van der Waals surface area contributed by atoms with Crippen molar-refractivity contribution in [2.75, 3.05) is 5.75 Å². The van der Waals surface area contributed by atoms with Gasteiger partial charge in [-0.2, -0.15) is 4.73 Å². The van der Waals surface area contributed by atoms with Gasteiger partial charge in [0.05, 0.1) is 18.8 Å². The molecule has 4 atom stereocenters. The molecule has 0 radical (unpaired) electrons. The summed E-state index contributed by atoms with van der Waals surface area (Å²) in [6.45, 7) is 2.23. The van der Waals surface area contributed by atoms with Gasteiger partial charge in [0.1, 0.15) is 0 Å². The normalized spacial score (nSPS) is 21.7. The molecule has 1 fully saturated rings. The van der Waals surface area contributed by atoms with E-state index in [0.717, 1.165) is 27.0 Å². The third kappa shape index (κ3) is 7.33. The highest BCUT2D eigenvalue weighted by Gasteiger charge is 2.38. The fraction of sp³-hybridized carbons (Fsp3) is 0.333. The van der Waals surface area contributed by atoms with Gasteiger partial charge in [-0.05, 0) is 22.8 Å². The van der Waals surface area contributed by atoms with Crippen LogP contribution in [0.5, 0.6) is 0 Å². The summed E-state index contributed by atoms with van der Waals surface area (Å²) in [6.07, 6.45) is 0.331. The Bertz CT molecular complexity index is 1220. The van der Waals surface area contributed by atoms with Gasteiger partial charge in [-0.25, -0.2) is 0 Å². The second-order valence-electron chi connectivity index (χ2n) is 8.92. The van der Waals surface area contributed by atoms with E-state index in [0.29, 0.717) is 10.8 Å². The number of carbonyl (C=O) groups excluding carboxylic acids is 1. The Morgan fingerprint density at radius 3 is 2.32 bits per heavy atom. The summed E-state index contributed by atoms with van der Waals surface area (Å²) in [5.41, 5.74) is 3.41. The zero-order valence-electron chi connectivity index (χ0n) is 20.4. The van der Waals surface area contributed by atoms with Crippen LogP contribution in [0.15, 0.2) is 78.0 Å². The number of carbonyl (C=O) groups is 1. The summed E-state index contributed by atoms with van der Waals surface area (Å²) < 4.78 is 11.7. The number of nitrogens with zero attached hydrogens (tertiary/aromatic N) is 1. The van der Waals surface area contributed by atoms with Crippen LogP contribution in [0.3, 0.4) is 0 Å². The highest BCUT2D eigenvalue weighted by molar-refractivity contribution is 7.99. The number of hydrogen-bond donors (Lipinski definition) is 2. The van der Waals surface area contributed by atoms with Gasteiger partial charge in [-0.3, -0.25) is 4.79 Å². The minimum absolute atomic E-state index is 0.0149. The molecule has 1 aliphatic heterocycles. The smallest absolute Gasteiger partial charge is 0.272 e. The van der Waals surface area contributed by atoms with Crippen LogP contribution in [0.25, 0.3) is 0 Å². The van der Waals surface area contributed by atoms with Gasteiger partial charge in [0, 0.05) is 35.9 Å². The number of amides is 1. The molecule has 1 aromatic heterocycles. The van der Waals surface area contributed by atoms with E-state index in [1.165, 1.54) is 18.0 Å². The van der Waals surface area contributed by atoms with Crippen LogP contribution in [-0.4, -0.2) is 26.7 Å². The van der Waals surface area contributed by atoms with Gasteiger partial charge in [-0.1, -0.05) is 102 Å². The molecule has 1 aliphatic rings. The zero-order valence-corrected chi connectivity index (χ0v) is 23.5. The Morgan fingerprint density at radius 2 is 1.68 bits per heavy atom. The quantitative estimate of drug-likeness (QED) is 0.157. The fourth-order valence-electron chi connectivity index (χ4n) is 4.08. The Morgan fingerprint density at radius 1 is 1.03 bits per heavy atom. The first kappa shape index (κ1) is 29.0. The minimum Gasteiger partial charge on any atom is -0.618 e. The molecular weight excluding hydrogens is 571 g/mol. The number of alkyl halides is 3. The SMILES string of the molecule is C[C@@H]1[C@H](CSc2cccc[n+]2[O-])O[C@H](c2ccc(CNC(=O)C(Cl)(Cl)Cl)cc2)O[C@@H]1c1ccc(CO)cc1. The second-order valence-corrected chi connectivity index (χ2v) is 12.2. The van der Waals surface area contributed by atoms with Crippen molar-refractivity contribution in [3.05, 3.63) is 100 Å². The third-order valence-corrected chi connectivity index (χ3v) is 7.89. The van der Waals surface area contributed by atoms with Crippen molar-refractivity contribution in [2.45, 2.75) is 47.4 Å². The highest BCUT2D eigenvalue weighted by Crippen LogP contribution is 2.42. The van der Waals surface area contributed by atoms with Gasteiger partial charge in [0.2, 0.25) is 0 Å². The van der Waals surface area contributed by atoms with Crippen LogP contribution in [0.1, 0.15) is 41.6 Å². The molecule has 38 heavy (non-hydrogen) atoms. The largest absolute Gasteiger partial charge is 0.618 e. The number of rotatable bonds is 8. The average Bonchev–Trinajstić information content (AvgIpc) is 2.92. The van der Waals surface area contributed by atoms with E-state index in [9.17, 15) is 15.1 Å². The van der Waals surface area contributed by atoms with Crippen LogP contribution in [0.4, 0.5) is 0 Å². The molecule has 1 amide bonds. The maximum atomic E-state index is 12.1. The number of pyridine rings is 1. The summed E-state index contributed by atoms with van der Waals surface area (Å²) in [4.78, 5) is 11.8. The molecule has 1 saturated heterocycles. The number of hydrogen-bond acceptors (Lipinski definition) is 6. The van der Waals surface area contributed by atoms with Gasteiger partial charge >= 0.3 is 0 Å². The molecule has 0 bridgehead atoms. The molecule has 202 valence electrons. The number of aliphatic hydroxyl groups is 1. The van der Waals surface area contributed by atoms with Crippen LogP contribution in [-0.2, 0) is 27.4 Å². The highest BCUT2D eigenvalue weighted by atomic mass is 35.6. The number of ether oxygens (including phenoxy) is 2. The van der Waals surface area contributed by atoms with Crippen LogP contribution in [0, 0.1) is 11.1 Å². The molecule has 4 rings (SSSR count). The Labute approximate surface area is 240 Å². The number of nitrogens with one attached hydrogen (secondary N) is 1. The average molecular weight is 598 g/mol. The molecule has 0 saturated carbocycles. The van der Waals surface area contributed by atoms with E-state index >= 15 is 0 Å². The number of aliphatic hydroxyl groups excluding tert-OH is 1. The zero-order chi connectivity index (χ0) is 27.3. The van der Waals surface area contributed by atoms with Gasteiger partial charge < -0.3 is 25.1 Å². The van der Waals surface area contributed by atoms with Gasteiger partial charge in [-0.15, -0.1) is 0 Å². The Balaban J connectivity index is 1.52. The van der Waals surface area contributed by atoms with Gasteiger partial charge in [0.25, 0.3) is 14.7 Å². The van der Waals surface area contributed by atoms with E-state index in [-0.39, 0.29) is 31.3 Å². The monoisotopic (exact) mass is 596 g/mol. The summed E-state index contributed by atoms with van der Waals surface area (Å²) in [7, 11) is 0. The lowest BCUT2D eigenvalue weighted by molar-refractivity contribution is -0.645. The van der Waals surface area contributed by atoms with E-state index in [1.807, 2.05) is 54.6 Å². The lowest BCUT2D eigenvalue weighted by Crippen LogP contribution is -2.39. The molecule has 2 aromatic carbocycles. The van der Waals surface area contributed by atoms with Crippen molar-refractivity contribution in [1.82, 2.24) is 5.32 Å².